The fraction of sp³-hybridized carbons (Fsp3) is 0.667. The summed E-state index contributed by atoms with van der Waals surface area (Å²) in [5, 5.41) is 0. The minimum Gasteiger partial charge on any atom is -0.370 e. The monoisotopic (exact) mass is 289 g/mol. The molecule has 1 fully saturated rings. The third-order valence-electron chi connectivity index (χ3n) is 4.81. The van der Waals surface area contributed by atoms with Crippen molar-refractivity contribution in [3.8, 4) is 0 Å². The highest BCUT2D eigenvalue weighted by molar-refractivity contribution is 5.55. The minimum atomic E-state index is 0.278. The highest BCUT2D eigenvalue weighted by atomic mass is 15.2. The van der Waals surface area contributed by atoms with Gasteiger partial charge in [-0.3, -0.25) is 0 Å². The molecule has 0 saturated carbocycles. The molecular formula is C18H31N3. The normalized spacial score (nSPS) is 21.3. The van der Waals surface area contributed by atoms with Gasteiger partial charge in [-0.05, 0) is 63.4 Å². The topological polar surface area (TPSA) is 32.5 Å². The number of likely N-dealkylation sites (N-methyl/N-ethyl adjacent to an activating group) is 2. The Morgan fingerprint density at radius 2 is 2.19 bits per heavy atom. The minimum absolute atomic E-state index is 0.278. The Morgan fingerprint density at radius 3 is 2.81 bits per heavy atom. The van der Waals surface area contributed by atoms with Crippen molar-refractivity contribution in [2.24, 2.45) is 5.73 Å². The molecule has 0 aromatic heterocycles. The standard InChI is InChI=1S/C18H31N3/c1-5-16(19)12-15-8-9-18(14(2)11-15)21(4)17-7-6-10-20(3)13-17/h8-9,11,16-17H,5-7,10,12-13,19H2,1-4H3. The Bertz CT molecular complexity index is 458. The molecule has 0 radical (unpaired) electrons. The molecule has 1 saturated heterocycles. The van der Waals surface area contributed by atoms with E-state index in [1.54, 1.807) is 0 Å². The average molecular weight is 289 g/mol. The summed E-state index contributed by atoms with van der Waals surface area (Å²) in [5.41, 5.74) is 10.2. The third-order valence-corrected chi connectivity index (χ3v) is 4.81. The second-order valence-corrected chi connectivity index (χ2v) is 6.66. The Hall–Kier alpha value is -1.06. The Kier molecular flexibility index (Phi) is 5.65. The summed E-state index contributed by atoms with van der Waals surface area (Å²) in [5.74, 6) is 0. The van der Waals surface area contributed by atoms with Gasteiger partial charge in [0.15, 0.2) is 0 Å². The van der Waals surface area contributed by atoms with Gasteiger partial charge in [0.05, 0.1) is 0 Å². The molecule has 1 aliphatic rings. The maximum atomic E-state index is 6.07. The van der Waals surface area contributed by atoms with Gasteiger partial charge in [0.25, 0.3) is 0 Å². The molecule has 0 amide bonds. The smallest absolute Gasteiger partial charge is 0.0414 e. The number of likely N-dealkylation sites (tertiary alicyclic amines) is 1. The highest BCUT2D eigenvalue weighted by Crippen LogP contribution is 2.25. The molecule has 1 heterocycles. The third kappa shape index (κ3) is 4.21. The first-order chi connectivity index (χ1) is 10.0. The van der Waals surface area contributed by atoms with Crippen molar-refractivity contribution in [1.82, 2.24) is 4.90 Å². The molecule has 2 atom stereocenters. The fourth-order valence-corrected chi connectivity index (χ4v) is 3.34. The molecule has 3 heteroatoms. The Morgan fingerprint density at radius 1 is 1.43 bits per heavy atom. The zero-order chi connectivity index (χ0) is 15.4. The van der Waals surface area contributed by atoms with Crippen LogP contribution in [0, 0.1) is 6.92 Å². The molecule has 3 nitrogen and oxygen atoms in total. The zero-order valence-corrected chi connectivity index (χ0v) is 14.1. The predicted octanol–water partition coefficient (Wildman–Crippen LogP) is 2.81. The van der Waals surface area contributed by atoms with Crippen LogP contribution < -0.4 is 10.6 Å². The Balaban J connectivity index is 2.09. The van der Waals surface area contributed by atoms with Crippen LogP contribution >= 0.6 is 0 Å². The molecule has 0 spiro atoms. The van der Waals surface area contributed by atoms with E-state index >= 15 is 0 Å². The second-order valence-electron chi connectivity index (χ2n) is 6.66. The molecule has 2 N–H and O–H groups in total. The van der Waals surface area contributed by atoms with Gasteiger partial charge >= 0.3 is 0 Å². The number of aryl methyl sites for hydroxylation is 1. The van der Waals surface area contributed by atoms with Crippen LogP contribution in [-0.2, 0) is 6.42 Å². The summed E-state index contributed by atoms with van der Waals surface area (Å²) in [7, 11) is 4.46. The van der Waals surface area contributed by atoms with Crippen molar-refractivity contribution in [1.29, 1.82) is 0 Å². The highest BCUT2D eigenvalue weighted by Gasteiger charge is 2.22. The molecule has 1 aromatic carbocycles. The lowest BCUT2D eigenvalue weighted by Crippen LogP contribution is -2.45. The lowest BCUT2D eigenvalue weighted by molar-refractivity contribution is 0.248. The molecule has 21 heavy (non-hydrogen) atoms. The summed E-state index contributed by atoms with van der Waals surface area (Å²) < 4.78 is 0. The molecule has 1 aromatic rings. The number of nitrogens with two attached hydrogens (primary N) is 1. The maximum Gasteiger partial charge on any atom is 0.0414 e. The van der Waals surface area contributed by atoms with Crippen LogP contribution in [0.3, 0.4) is 0 Å². The number of rotatable bonds is 5. The molecule has 0 aliphatic carbocycles. The van der Waals surface area contributed by atoms with Crippen molar-refractivity contribution < 1.29 is 0 Å². The van der Waals surface area contributed by atoms with Crippen LogP contribution in [0.5, 0.6) is 0 Å². The summed E-state index contributed by atoms with van der Waals surface area (Å²) >= 11 is 0. The van der Waals surface area contributed by atoms with Gasteiger partial charge < -0.3 is 15.5 Å². The van der Waals surface area contributed by atoms with Gasteiger partial charge in [-0.15, -0.1) is 0 Å². The summed E-state index contributed by atoms with van der Waals surface area (Å²) in [4.78, 5) is 4.91. The van der Waals surface area contributed by atoms with E-state index in [9.17, 15) is 0 Å². The van der Waals surface area contributed by atoms with Gasteiger partial charge in [0, 0.05) is 31.4 Å². The van der Waals surface area contributed by atoms with E-state index in [1.165, 1.54) is 42.7 Å². The van der Waals surface area contributed by atoms with E-state index in [0.717, 1.165) is 12.8 Å². The van der Waals surface area contributed by atoms with Crippen molar-refractivity contribution >= 4 is 5.69 Å². The van der Waals surface area contributed by atoms with Crippen LogP contribution in [0.2, 0.25) is 0 Å². The van der Waals surface area contributed by atoms with Crippen LogP contribution in [0.4, 0.5) is 5.69 Å². The van der Waals surface area contributed by atoms with Crippen LogP contribution in [0.25, 0.3) is 0 Å². The summed E-state index contributed by atoms with van der Waals surface area (Å²) in [6.07, 6.45) is 4.61. The van der Waals surface area contributed by atoms with Gasteiger partial charge in [-0.25, -0.2) is 0 Å². The fourth-order valence-electron chi connectivity index (χ4n) is 3.34. The zero-order valence-electron chi connectivity index (χ0n) is 14.1. The molecular weight excluding hydrogens is 258 g/mol. The molecule has 0 bridgehead atoms. The van der Waals surface area contributed by atoms with Crippen molar-refractivity contribution in [3.05, 3.63) is 29.3 Å². The maximum absolute atomic E-state index is 6.07. The second kappa shape index (κ2) is 7.28. The van der Waals surface area contributed by atoms with E-state index in [0.29, 0.717) is 6.04 Å². The largest absolute Gasteiger partial charge is 0.370 e. The van der Waals surface area contributed by atoms with Crippen molar-refractivity contribution in [3.63, 3.8) is 0 Å². The number of nitrogens with zero attached hydrogens (tertiary/aromatic N) is 2. The number of hydrogen-bond acceptors (Lipinski definition) is 3. The van der Waals surface area contributed by atoms with Gasteiger partial charge in [-0.1, -0.05) is 19.1 Å². The molecule has 1 aliphatic heterocycles. The predicted molar refractivity (Wildman–Crippen MR) is 92.1 cm³/mol. The van der Waals surface area contributed by atoms with E-state index in [1.807, 2.05) is 0 Å². The summed E-state index contributed by atoms with van der Waals surface area (Å²) in [6, 6.07) is 7.75. The number of piperidine rings is 1. The van der Waals surface area contributed by atoms with Gasteiger partial charge in [0.1, 0.15) is 0 Å². The number of anilines is 1. The lowest BCUT2D eigenvalue weighted by atomic mass is 9.99. The average Bonchev–Trinajstić information content (AvgIpc) is 2.46. The first-order valence-electron chi connectivity index (χ1n) is 8.27. The Labute approximate surface area is 130 Å². The van der Waals surface area contributed by atoms with Crippen LogP contribution in [0.15, 0.2) is 18.2 Å². The SMILES string of the molecule is CCC(N)Cc1ccc(N(C)C2CCCN(C)C2)c(C)c1. The lowest BCUT2D eigenvalue weighted by Gasteiger charge is -2.37. The number of hydrogen-bond donors (Lipinski definition) is 1. The van der Waals surface area contributed by atoms with Crippen molar-refractivity contribution in [2.45, 2.75) is 51.6 Å². The first kappa shape index (κ1) is 16.3. The quantitative estimate of drug-likeness (QED) is 0.904. The van der Waals surface area contributed by atoms with Crippen molar-refractivity contribution in [2.75, 3.05) is 32.1 Å². The van der Waals surface area contributed by atoms with E-state index < -0.39 is 0 Å². The van der Waals surface area contributed by atoms with Gasteiger partial charge in [-0.2, -0.15) is 0 Å². The summed E-state index contributed by atoms with van der Waals surface area (Å²) in [6.45, 7) is 6.77. The first-order valence-corrected chi connectivity index (χ1v) is 8.27. The number of benzene rings is 1. The molecule has 118 valence electrons. The van der Waals surface area contributed by atoms with Crippen LogP contribution in [0.1, 0.15) is 37.3 Å². The molecule has 2 rings (SSSR count). The van der Waals surface area contributed by atoms with Crippen LogP contribution in [-0.4, -0.2) is 44.2 Å². The van der Waals surface area contributed by atoms with E-state index in [2.05, 4.69) is 55.9 Å². The van der Waals surface area contributed by atoms with Gasteiger partial charge in [0.2, 0.25) is 0 Å². The molecule has 2 unspecified atom stereocenters. The van der Waals surface area contributed by atoms with E-state index in [-0.39, 0.29) is 6.04 Å². The van der Waals surface area contributed by atoms with E-state index in [4.69, 9.17) is 5.73 Å².